The lowest BCUT2D eigenvalue weighted by Gasteiger charge is -2.12. The number of methoxy groups -OCH3 is 2. The van der Waals surface area contributed by atoms with E-state index in [1.165, 1.54) is 0 Å². The molecule has 0 aliphatic rings. The van der Waals surface area contributed by atoms with Gasteiger partial charge >= 0.3 is 0 Å². The first-order chi connectivity index (χ1) is 7.22. The molecule has 15 heavy (non-hydrogen) atoms. The summed E-state index contributed by atoms with van der Waals surface area (Å²) >= 11 is 3.37. The van der Waals surface area contributed by atoms with E-state index in [-0.39, 0.29) is 0 Å². The molecule has 1 aromatic rings. The van der Waals surface area contributed by atoms with Gasteiger partial charge in [0.2, 0.25) is 0 Å². The Kier molecular flexibility index (Phi) is 4.71. The zero-order chi connectivity index (χ0) is 11.3. The van der Waals surface area contributed by atoms with Crippen LogP contribution in [0.2, 0.25) is 0 Å². The number of rotatable bonds is 5. The van der Waals surface area contributed by atoms with Gasteiger partial charge in [-0.25, -0.2) is 0 Å². The molecular formula is C10H14BrNO3. The average molecular weight is 276 g/mol. The SMILES string of the molecule is COc1cc(OCCN)cc(Br)c1OC. The first-order valence-corrected chi connectivity index (χ1v) is 5.26. The maximum absolute atomic E-state index is 5.39. The summed E-state index contributed by atoms with van der Waals surface area (Å²) in [6.45, 7) is 0.952. The van der Waals surface area contributed by atoms with E-state index in [0.717, 1.165) is 4.47 Å². The van der Waals surface area contributed by atoms with Gasteiger partial charge in [0.1, 0.15) is 12.4 Å². The van der Waals surface area contributed by atoms with Gasteiger partial charge in [-0.3, -0.25) is 0 Å². The highest BCUT2D eigenvalue weighted by molar-refractivity contribution is 9.10. The smallest absolute Gasteiger partial charge is 0.175 e. The maximum Gasteiger partial charge on any atom is 0.175 e. The van der Waals surface area contributed by atoms with E-state index in [4.69, 9.17) is 19.9 Å². The molecule has 0 aliphatic heterocycles. The first-order valence-electron chi connectivity index (χ1n) is 4.47. The van der Waals surface area contributed by atoms with Gasteiger partial charge in [0.05, 0.1) is 18.7 Å². The molecule has 84 valence electrons. The number of hydrogen-bond acceptors (Lipinski definition) is 4. The van der Waals surface area contributed by atoms with Crippen molar-refractivity contribution in [2.45, 2.75) is 0 Å². The van der Waals surface area contributed by atoms with Crippen molar-refractivity contribution in [3.05, 3.63) is 16.6 Å². The largest absolute Gasteiger partial charge is 0.493 e. The number of nitrogens with two attached hydrogens (primary N) is 1. The van der Waals surface area contributed by atoms with Gasteiger partial charge in [-0.05, 0) is 22.0 Å². The minimum Gasteiger partial charge on any atom is -0.493 e. The first kappa shape index (κ1) is 12.1. The maximum atomic E-state index is 5.39. The quantitative estimate of drug-likeness (QED) is 0.891. The van der Waals surface area contributed by atoms with E-state index in [0.29, 0.717) is 30.4 Å². The van der Waals surface area contributed by atoms with Crippen molar-refractivity contribution in [1.82, 2.24) is 0 Å². The monoisotopic (exact) mass is 275 g/mol. The molecule has 4 nitrogen and oxygen atoms in total. The molecule has 2 N–H and O–H groups in total. The zero-order valence-electron chi connectivity index (χ0n) is 8.75. The fraction of sp³-hybridized carbons (Fsp3) is 0.400. The molecule has 0 spiro atoms. The molecule has 0 atom stereocenters. The number of ether oxygens (including phenoxy) is 3. The van der Waals surface area contributed by atoms with E-state index in [9.17, 15) is 0 Å². The molecule has 0 heterocycles. The normalized spacial score (nSPS) is 9.87. The van der Waals surface area contributed by atoms with Gasteiger partial charge in [-0.2, -0.15) is 0 Å². The van der Waals surface area contributed by atoms with Crippen LogP contribution >= 0.6 is 15.9 Å². The third kappa shape index (κ3) is 3.00. The van der Waals surface area contributed by atoms with Crippen molar-refractivity contribution < 1.29 is 14.2 Å². The molecule has 5 heteroatoms. The van der Waals surface area contributed by atoms with Gasteiger partial charge < -0.3 is 19.9 Å². The molecule has 0 unspecified atom stereocenters. The van der Waals surface area contributed by atoms with Gasteiger partial charge in [-0.1, -0.05) is 0 Å². The van der Waals surface area contributed by atoms with Crippen molar-refractivity contribution in [2.75, 3.05) is 27.4 Å². The lowest BCUT2D eigenvalue weighted by molar-refractivity contribution is 0.318. The van der Waals surface area contributed by atoms with Crippen LogP contribution in [-0.4, -0.2) is 27.4 Å². The predicted molar refractivity (Wildman–Crippen MR) is 61.8 cm³/mol. The summed E-state index contributed by atoms with van der Waals surface area (Å²) in [6.07, 6.45) is 0. The molecule has 1 rings (SSSR count). The molecule has 0 amide bonds. The molecule has 0 saturated carbocycles. The summed E-state index contributed by atoms with van der Waals surface area (Å²) in [6, 6.07) is 3.58. The standard InChI is InChI=1S/C10H14BrNO3/c1-13-9-6-7(15-4-3-12)5-8(11)10(9)14-2/h5-6H,3-4,12H2,1-2H3. The second-order valence-corrected chi connectivity index (χ2v) is 3.63. The van der Waals surface area contributed by atoms with Crippen LogP contribution in [0.25, 0.3) is 0 Å². The van der Waals surface area contributed by atoms with E-state index in [2.05, 4.69) is 15.9 Å². The third-order valence-electron chi connectivity index (χ3n) is 1.79. The Labute approximate surface area is 97.4 Å². The van der Waals surface area contributed by atoms with Gasteiger partial charge in [0.25, 0.3) is 0 Å². The molecular weight excluding hydrogens is 262 g/mol. The summed E-state index contributed by atoms with van der Waals surface area (Å²) in [7, 11) is 3.17. The highest BCUT2D eigenvalue weighted by Crippen LogP contribution is 2.38. The van der Waals surface area contributed by atoms with Crippen molar-refractivity contribution in [3.8, 4) is 17.2 Å². The van der Waals surface area contributed by atoms with Crippen LogP contribution in [0, 0.1) is 0 Å². The predicted octanol–water partition coefficient (Wildman–Crippen LogP) is 1.80. The fourth-order valence-electron chi connectivity index (χ4n) is 1.15. The van der Waals surface area contributed by atoms with Gasteiger partial charge in [0, 0.05) is 12.6 Å². The number of hydrogen-bond donors (Lipinski definition) is 1. The van der Waals surface area contributed by atoms with E-state index in [1.54, 1.807) is 20.3 Å². The van der Waals surface area contributed by atoms with Crippen LogP contribution in [-0.2, 0) is 0 Å². The fourth-order valence-corrected chi connectivity index (χ4v) is 1.74. The van der Waals surface area contributed by atoms with Crippen molar-refractivity contribution >= 4 is 15.9 Å². The lowest BCUT2D eigenvalue weighted by Crippen LogP contribution is -2.10. The summed E-state index contributed by atoms with van der Waals surface area (Å²) < 4.78 is 16.5. The molecule has 1 aromatic carbocycles. The Morgan fingerprint density at radius 2 is 2.00 bits per heavy atom. The van der Waals surface area contributed by atoms with Crippen molar-refractivity contribution in [1.29, 1.82) is 0 Å². The van der Waals surface area contributed by atoms with Gasteiger partial charge in [0.15, 0.2) is 11.5 Å². The Morgan fingerprint density at radius 3 is 2.53 bits per heavy atom. The lowest BCUT2D eigenvalue weighted by atomic mass is 10.3. The number of halogens is 1. The van der Waals surface area contributed by atoms with Crippen molar-refractivity contribution in [2.24, 2.45) is 5.73 Å². The summed E-state index contributed by atoms with van der Waals surface area (Å²) in [5.74, 6) is 1.97. The molecule has 0 fully saturated rings. The van der Waals surface area contributed by atoms with E-state index in [1.807, 2.05) is 6.07 Å². The van der Waals surface area contributed by atoms with E-state index >= 15 is 0 Å². The highest BCUT2D eigenvalue weighted by Gasteiger charge is 2.10. The Balaban J connectivity index is 2.97. The Morgan fingerprint density at radius 1 is 1.27 bits per heavy atom. The molecule has 0 saturated heterocycles. The minimum atomic E-state index is 0.474. The minimum absolute atomic E-state index is 0.474. The highest BCUT2D eigenvalue weighted by atomic mass is 79.9. The van der Waals surface area contributed by atoms with Crippen LogP contribution in [0.15, 0.2) is 16.6 Å². The molecule has 0 aromatic heterocycles. The second kappa shape index (κ2) is 5.82. The molecule has 0 bridgehead atoms. The van der Waals surface area contributed by atoms with Crippen LogP contribution in [0.3, 0.4) is 0 Å². The van der Waals surface area contributed by atoms with Gasteiger partial charge in [-0.15, -0.1) is 0 Å². The second-order valence-electron chi connectivity index (χ2n) is 2.78. The van der Waals surface area contributed by atoms with Crippen LogP contribution < -0.4 is 19.9 Å². The number of benzene rings is 1. The zero-order valence-corrected chi connectivity index (χ0v) is 10.3. The summed E-state index contributed by atoms with van der Waals surface area (Å²) in [5.41, 5.74) is 5.35. The van der Waals surface area contributed by atoms with Crippen LogP contribution in [0.1, 0.15) is 0 Å². The average Bonchev–Trinajstić information content (AvgIpc) is 2.25. The van der Waals surface area contributed by atoms with Crippen molar-refractivity contribution in [3.63, 3.8) is 0 Å². The van der Waals surface area contributed by atoms with E-state index < -0.39 is 0 Å². The topological polar surface area (TPSA) is 53.7 Å². The van der Waals surface area contributed by atoms with Crippen LogP contribution in [0.5, 0.6) is 17.2 Å². The third-order valence-corrected chi connectivity index (χ3v) is 2.38. The summed E-state index contributed by atoms with van der Waals surface area (Å²) in [5, 5.41) is 0. The molecule has 0 aliphatic carbocycles. The van der Waals surface area contributed by atoms with Crippen LogP contribution in [0.4, 0.5) is 0 Å². The summed E-state index contributed by atoms with van der Waals surface area (Å²) in [4.78, 5) is 0. The molecule has 0 radical (unpaired) electrons. The Hall–Kier alpha value is -0.940. The Bertz CT molecular complexity index is 331.